The molecule has 0 spiro atoms. The average Bonchev–Trinajstić information content (AvgIpc) is 3.06. The van der Waals surface area contributed by atoms with Crippen LogP contribution in [0, 0.1) is 0 Å². The number of amides is 1. The van der Waals surface area contributed by atoms with Crippen LogP contribution in [-0.2, 0) is 6.54 Å². The number of likely N-dealkylation sites (tertiary alicyclic amines) is 1. The van der Waals surface area contributed by atoms with Crippen molar-refractivity contribution in [3.8, 4) is 0 Å². The Labute approximate surface area is 140 Å². The average molecular weight is 321 g/mol. The van der Waals surface area contributed by atoms with Crippen molar-refractivity contribution in [3.05, 3.63) is 23.7 Å². The predicted octanol–water partition coefficient (Wildman–Crippen LogP) is 2.68. The Morgan fingerprint density at radius 3 is 2.52 bits per heavy atom. The molecule has 0 saturated carbocycles. The molecule has 0 bridgehead atoms. The molecule has 130 valence electrons. The lowest BCUT2D eigenvalue weighted by Gasteiger charge is -2.28. The van der Waals surface area contributed by atoms with E-state index in [-0.39, 0.29) is 5.91 Å². The SMILES string of the molecule is CCN(CC)Cc1ccc(C(=O)N(C)CCN2CCCCC2)o1. The van der Waals surface area contributed by atoms with Gasteiger partial charge in [0.2, 0.25) is 0 Å². The molecule has 0 aliphatic carbocycles. The number of hydrogen-bond donors (Lipinski definition) is 0. The molecule has 5 heteroatoms. The highest BCUT2D eigenvalue weighted by Crippen LogP contribution is 2.13. The van der Waals surface area contributed by atoms with Crippen molar-refractivity contribution in [1.29, 1.82) is 0 Å². The summed E-state index contributed by atoms with van der Waals surface area (Å²) in [6.45, 7) is 11.0. The second kappa shape index (κ2) is 9.08. The van der Waals surface area contributed by atoms with Crippen LogP contribution in [0.25, 0.3) is 0 Å². The molecule has 1 aromatic rings. The molecule has 1 aromatic heterocycles. The first kappa shape index (κ1) is 18.0. The van der Waals surface area contributed by atoms with Gasteiger partial charge in [0, 0.05) is 20.1 Å². The maximum Gasteiger partial charge on any atom is 0.289 e. The molecule has 0 aromatic carbocycles. The standard InChI is InChI=1S/C18H31N3O2/c1-4-20(5-2)15-16-9-10-17(23-16)18(22)19(3)13-14-21-11-7-6-8-12-21/h9-10H,4-8,11-15H2,1-3H3. The summed E-state index contributed by atoms with van der Waals surface area (Å²) in [5.74, 6) is 1.29. The van der Waals surface area contributed by atoms with Gasteiger partial charge in [0.25, 0.3) is 5.91 Å². The zero-order valence-electron chi connectivity index (χ0n) is 14.9. The molecule has 0 radical (unpaired) electrons. The fraction of sp³-hybridized carbons (Fsp3) is 0.722. The summed E-state index contributed by atoms with van der Waals surface area (Å²) in [5, 5.41) is 0. The lowest BCUT2D eigenvalue weighted by Crippen LogP contribution is -2.38. The Balaban J connectivity index is 1.83. The van der Waals surface area contributed by atoms with Crippen molar-refractivity contribution in [3.63, 3.8) is 0 Å². The van der Waals surface area contributed by atoms with Crippen molar-refractivity contribution < 1.29 is 9.21 Å². The van der Waals surface area contributed by atoms with Crippen molar-refractivity contribution in [2.45, 2.75) is 39.7 Å². The molecule has 23 heavy (non-hydrogen) atoms. The largest absolute Gasteiger partial charge is 0.455 e. The van der Waals surface area contributed by atoms with Crippen LogP contribution in [0.5, 0.6) is 0 Å². The highest BCUT2D eigenvalue weighted by atomic mass is 16.4. The van der Waals surface area contributed by atoms with E-state index in [1.54, 1.807) is 11.0 Å². The molecule has 1 fully saturated rings. The summed E-state index contributed by atoms with van der Waals surface area (Å²) >= 11 is 0. The number of hydrogen-bond acceptors (Lipinski definition) is 4. The molecule has 1 aliphatic heterocycles. The van der Waals surface area contributed by atoms with Crippen LogP contribution >= 0.6 is 0 Å². The molecule has 2 rings (SSSR count). The molecule has 5 nitrogen and oxygen atoms in total. The molecule has 1 saturated heterocycles. The second-order valence-corrected chi connectivity index (χ2v) is 6.36. The van der Waals surface area contributed by atoms with Gasteiger partial charge in [-0.3, -0.25) is 9.69 Å². The summed E-state index contributed by atoms with van der Waals surface area (Å²) in [5.41, 5.74) is 0. The molecular weight excluding hydrogens is 290 g/mol. The van der Waals surface area contributed by atoms with Gasteiger partial charge in [-0.2, -0.15) is 0 Å². The van der Waals surface area contributed by atoms with Crippen LogP contribution in [0.4, 0.5) is 0 Å². The Morgan fingerprint density at radius 1 is 1.17 bits per heavy atom. The Hall–Kier alpha value is -1.33. The second-order valence-electron chi connectivity index (χ2n) is 6.36. The minimum absolute atomic E-state index is 0.0205. The van der Waals surface area contributed by atoms with Crippen LogP contribution in [-0.4, -0.2) is 66.9 Å². The summed E-state index contributed by atoms with van der Waals surface area (Å²) in [6.07, 6.45) is 3.90. The normalized spacial score (nSPS) is 16.0. The monoisotopic (exact) mass is 321 g/mol. The zero-order chi connectivity index (χ0) is 16.7. The molecule has 1 amide bonds. The highest BCUT2D eigenvalue weighted by Gasteiger charge is 2.18. The molecule has 0 N–H and O–H groups in total. The molecule has 0 unspecified atom stereocenters. The maximum absolute atomic E-state index is 12.5. The van der Waals surface area contributed by atoms with Crippen LogP contribution in [0.2, 0.25) is 0 Å². The van der Waals surface area contributed by atoms with Crippen molar-refractivity contribution in [2.75, 3.05) is 46.3 Å². The van der Waals surface area contributed by atoms with Crippen LogP contribution in [0.3, 0.4) is 0 Å². The first-order chi connectivity index (χ1) is 11.1. The number of piperidine rings is 1. The smallest absolute Gasteiger partial charge is 0.289 e. The summed E-state index contributed by atoms with van der Waals surface area (Å²) in [6, 6.07) is 3.72. The molecule has 0 atom stereocenters. The quantitative estimate of drug-likeness (QED) is 0.738. The lowest BCUT2D eigenvalue weighted by atomic mass is 10.1. The number of furan rings is 1. The van der Waals surface area contributed by atoms with Gasteiger partial charge in [-0.15, -0.1) is 0 Å². The number of nitrogens with zero attached hydrogens (tertiary/aromatic N) is 3. The van der Waals surface area contributed by atoms with Gasteiger partial charge < -0.3 is 14.2 Å². The minimum atomic E-state index is -0.0205. The minimum Gasteiger partial charge on any atom is -0.455 e. The zero-order valence-corrected chi connectivity index (χ0v) is 14.9. The van der Waals surface area contributed by atoms with Gasteiger partial charge in [0.15, 0.2) is 5.76 Å². The first-order valence-corrected chi connectivity index (χ1v) is 8.93. The Bertz CT molecular complexity index is 476. The Kier molecular flexibility index (Phi) is 7.12. The topological polar surface area (TPSA) is 39.9 Å². The van der Waals surface area contributed by atoms with E-state index in [1.165, 1.54) is 19.3 Å². The number of carbonyl (C=O) groups excluding carboxylic acids is 1. The van der Waals surface area contributed by atoms with E-state index in [0.717, 1.165) is 51.6 Å². The third-order valence-corrected chi connectivity index (χ3v) is 4.69. The van der Waals surface area contributed by atoms with E-state index in [2.05, 4.69) is 23.6 Å². The van der Waals surface area contributed by atoms with E-state index in [4.69, 9.17) is 4.42 Å². The number of likely N-dealkylation sites (N-methyl/N-ethyl adjacent to an activating group) is 1. The third-order valence-electron chi connectivity index (χ3n) is 4.69. The predicted molar refractivity (Wildman–Crippen MR) is 92.6 cm³/mol. The van der Waals surface area contributed by atoms with Crippen molar-refractivity contribution in [1.82, 2.24) is 14.7 Å². The van der Waals surface area contributed by atoms with Crippen LogP contribution in [0.1, 0.15) is 49.4 Å². The lowest BCUT2D eigenvalue weighted by molar-refractivity contribution is 0.0738. The third kappa shape index (κ3) is 5.36. The maximum atomic E-state index is 12.5. The van der Waals surface area contributed by atoms with Gasteiger partial charge in [-0.25, -0.2) is 0 Å². The van der Waals surface area contributed by atoms with E-state index in [1.807, 2.05) is 13.1 Å². The van der Waals surface area contributed by atoms with Gasteiger partial charge in [0.1, 0.15) is 5.76 Å². The van der Waals surface area contributed by atoms with Gasteiger partial charge in [-0.1, -0.05) is 20.3 Å². The van der Waals surface area contributed by atoms with E-state index in [0.29, 0.717) is 5.76 Å². The van der Waals surface area contributed by atoms with E-state index >= 15 is 0 Å². The molecule has 2 heterocycles. The van der Waals surface area contributed by atoms with Gasteiger partial charge in [0.05, 0.1) is 6.54 Å². The van der Waals surface area contributed by atoms with Crippen LogP contribution < -0.4 is 0 Å². The van der Waals surface area contributed by atoms with E-state index in [9.17, 15) is 4.79 Å². The summed E-state index contributed by atoms with van der Waals surface area (Å²) in [4.78, 5) is 18.9. The molecule has 1 aliphatic rings. The van der Waals surface area contributed by atoms with Gasteiger partial charge in [-0.05, 0) is 51.2 Å². The van der Waals surface area contributed by atoms with Crippen molar-refractivity contribution in [2.24, 2.45) is 0 Å². The van der Waals surface area contributed by atoms with Crippen LogP contribution in [0.15, 0.2) is 16.5 Å². The number of rotatable bonds is 8. The summed E-state index contributed by atoms with van der Waals surface area (Å²) < 4.78 is 5.75. The Morgan fingerprint density at radius 2 is 1.87 bits per heavy atom. The fourth-order valence-electron chi connectivity index (χ4n) is 3.01. The van der Waals surface area contributed by atoms with Crippen molar-refractivity contribution >= 4 is 5.91 Å². The fourth-order valence-corrected chi connectivity index (χ4v) is 3.01. The summed E-state index contributed by atoms with van der Waals surface area (Å²) in [7, 11) is 1.86. The van der Waals surface area contributed by atoms with Gasteiger partial charge >= 0.3 is 0 Å². The number of carbonyl (C=O) groups is 1. The highest BCUT2D eigenvalue weighted by molar-refractivity contribution is 5.91. The molecular formula is C18H31N3O2. The first-order valence-electron chi connectivity index (χ1n) is 8.93. The van der Waals surface area contributed by atoms with E-state index < -0.39 is 0 Å².